The van der Waals surface area contributed by atoms with Crippen molar-refractivity contribution in [3.05, 3.63) is 0 Å². The van der Waals surface area contributed by atoms with Crippen LogP contribution in [-0.4, -0.2) is 19.9 Å². The highest BCUT2D eigenvalue weighted by molar-refractivity contribution is 6.70. The molecule has 0 radical (unpaired) electrons. The largest absolute Gasteiger partial charge is 0.547 e. The van der Waals surface area contributed by atoms with Gasteiger partial charge in [0.1, 0.15) is 0 Å². The fourth-order valence-electron chi connectivity index (χ4n) is 1.05. The summed E-state index contributed by atoms with van der Waals surface area (Å²) >= 11 is 0. The summed E-state index contributed by atoms with van der Waals surface area (Å²) in [5.41, 5.74) is -0.898. The molecule has 0 aliphatic heterocycles. The van der Waals surface area contributed by atoms with E-state index in [-0.39, 0.29) is 0 Å². The molecule has 0 aromatic rings. The minimum Gasteiger partial charge on any atom is -0.547 e. The molecule has 1 fully saturated rings. The SMILES string of the molecule is C[Si](C)(C)OC1(C(=O)[O-])CC1. The maximum atomic E-state index is 10.5. The highest BCUT2D eigenvalue weighted by Gasteiger charge is 2.48. The van der Waals surface area contributed by atoms with Crippen LogP contribution in [0.3, 0.4) is 0 Å². The Morgan fingerprint density at radius 2 is 1.91 bits per heavy atom. The van der Waals surface area contributed by atoms with E-state index in [1.54, 1.807) is 0 Å². The maximum Gasteiger partial charge on any atom is 0.185 e. The van der Waals surface area contributed by atoms with Crippen molar-refractivity contribution in [2.75, 3.05) is 0 Å². The van der Waals surface area contributed by atoms with Crippen molar-refractivity contribution in [1.82, 2.24) is 0 Å². The predicted octanol–water partition coefficient (Wildman–Crippen LogP) is 0.120. The summed E-state index contributed by atoms with van der Waals surface area (Å²) < 4.78 is 5.47. The molecule has 4 heteroatoms. The molecule has 1 aliphatic rings. The van der Waals surface area contributed by atoms with Gasteiger partial charge in [-0.05, 0) is 32.5 Å². The zero-order valence-electron chi connectivity index (χ0n) is 7.14. The minimum absolute atomic E-state index is 0.625. The first-order valence-corrected chi connectivity index (χ1v) is 7.18. The van der Waals surface area contributed by atoms with Crippen LogP contribution < -0.4 is 5.11 Å². The van der Waals surface area contributed by atoms with E-state index in [4.69, 9.17) is 4.43 Å². The smallest absolute Gasteiger partial charge is 0.185 e. The lowest BCUT2D eigenvalue weighted by Crippen LogP contribution is -2.45. The van der Waals surface area contributed by atoms with Crippen LogP contribution in [0.5, 0.6) is 0 Å². The summed E-state index contributed by atoms with van der Waals surface area (Å²) in [5.74, 6) is -1.04. The molecule has 0 bridgehead atoms. The first kappa shape index (κ1) is 8.74. The molecule has 0 aromatic carbocycles. The number of carbonyl (C=O) groups excluding carboxylic acids is 1. The Hall–Kier alpha value is -0.353. The first-order valence-electron chi connectivity index (χ1n) is 3.77. The summed E-state index contributed by atoms with van der Waals surface area (Å²) in [4.78, 5) is 10.5. The van der Waals surface area contributed by atoms with Crippen LogP contribution in [0.25, 0.3) is 0 Å². The molecule has 0 unspecified atom stereocenters. The van der Waals surface area contributed by atoms with Crippen molar-refractivity contribution in [3.8, 4) is 0 Å². The van der Waals surface area contributed by atoms with E-state index in [2.05, 4.69) is 0 Å². The van der Waals surface area contributed by atoms with E-state index in [0.717, 1.165) is 0 Å². The Kier molecular flexibility index (Phi) is 1.84. The fraction of sp³-hybridized carbons (Fsp3) is 0.857. The second-order valence-corrected chi connectivity index (χ2v) is 8.43. The predicted molar refractivity (Wildman–Crippen MR) is 41.4 cm³/mol. The van der Waals surface area contributed by atoms with Crippen LogP contribution in [-0.2, 0) is 9.22 Å². The second-order valence-electron chi connectivity index (χ2n) is 4.00. The van der Waals surface area contributed by atoms with Gasteiger partial charge < -0.3 is 14.3 Å². The summed E-state index contributed by atoms with van der Waals surface area (Å²) in [6, 6.07) is 0. The van der Waals surface area contributed by atoms with Crippen molar-refractivity contribution < 1.29 is 14.3 Å². The highest BCUT2D eigenvalue weighted by atomic mass is 28.4. The molecule has 1 rings (SSSR count). The van der Waals surface area contributed by atoms with Crippen LogP contribution >= 0.6 is 0 Å². The Balaban J connectivity index is 2.55. The molecule has 0 atom stereocenters. The van der Waals surface area contributed by atoms with Gasteiger partial charge in [0.15, 0.2) is 8.32 Å². The summed E-state index contributed by atoms with van der Waals surface area (Å²) in [6.07, 6.45) is 1.25. The number of hydrogen-bond donors (Lipinski definition) is 0. The van der Waals surface area contributed by atoms with Gasteiger partial charge in [-0.25, -0.2) is 0 Å². The van der Waals surface area contributed by atoms with E-state index in [0.29, 0.717) is 12.8 Å². The Morgan fingerprint density at radius 3 is 2.00 bits per heavy atom. The van der Waals surface area contributed by atoms with Gasteiger partial charge in [0, 0.05) is 0 Å². The van der Waals surface area contributed by atoms with Gasteiger partial charge in [0.2, 0.25) is 0 Å². The zero-order chi connectivity index (χ0) is 8.70. The lowest BCUT2D eigenvalue weighted by Gasteiger charge is -2.26. The third kappa shape index (κ3) is 2.04. The number of rotatable bonds is 3. The summed E-state index contributed by atoms with van der Waals surface area (Å²) in [5, 5.41) is 10.5. The average Bonchev–Trinajstić information content (AvgIpc) is 2.43. The highest BCUT2D eigenvalue weighted by Crippen LogP contribution is 2.41. The lowest BCUT2D eigenvalue weighted by atomic mass is 10.4. The molecule has 0 aromatic heterocycles. The van der Waals surface area contributed by atoms with Crippen LogP contribution in [0.1, 0.15) is 12.8 Å². The van der Waals surface area contributed by atoms with Gasteiger partial charge in [0.25, 0.3) is 0 Å². The molecule has 1 aliphatic carbocycles. The summed E-state index contributed by atoms with van der Waals surface area (Å²) in [7, 11) is -1.71. The van der Waals surface area contributed by atoms with E-state index in [9.17, 15) is 9.90 Å². The Labute approximate surface area is 67.5 Å². The van der Waals surface area contributed by atoms with Crippen molar-refractivity contribution in [1.29, 1.82) is 0 Å². The quantitative estimate of drug-likeness (QED) is 0.570. The lowest BCUT2D eigenvalue weighted by molar-refractivity contribution is -0.316. The molecule has 0 amide bonds. The van der Waals surface area contributed by atoms with E-state index < -0.39 is 19.9 Å². The average molecular weight is 173 g/mol. The van der Waals surface area contributed by atoms with Crippen LogP contribution in [0.2, 0.25) is 19.6 Å². The fourth-order valence-corrected chi connectivity index (χ4v) is 2.51. The second kappa shape index (κ2) is 2.32. The van der Waals surface area contributed by atoms with Crippen molar-refractivity contribution in [3.63, 3.8) is 0 Å². The molecule has 0 heterocycles. The van der Waals surface area contributed by atoms with Gasteiger partial charge in [-0.15, -0.1) is 0 Å². The number of hydrogen-bond acceptors (Lipinski definition) is 3. The van der Waals surface area contributed by atoms with Gasteiger partial charge >= 0.3 is 0 Å². The molecule has 64 valence electrons. The zero-order valence-corrected chi connectivity index (χ0v) is 8.14. The normalized spacial score (nSPS) is 21.4. The maximum absolute atomic E-state index is 10.5. The van der Waals surface area contributed by atoms with Gasteiger partial charge in [-0.3, -0.25) is 0 Å². The number of carboxylic acid groups (broad SMARTS) is 1. The topological polar surface area (TPSA) is 49.4 Å². The molecule has 0 N–H and O–H groups in total. The Morgan fingerprint density at radius 1 is 1.45 bits per heavy atom. The number of carboxylic acids is 1. The third-order valence-electron chi connectivity index (χ3n) is 1.58. The van der Waals surface area contributed by atoms with E-state index in [1.165, 1.54) is 0 Å². The standard InChI is InChI=1S/C7H14O3Si/c1-11(2,3)10-7(4-5-7)6(8)9/h4-5H2,1-3H3,(H,8,9)/p-1. The molecule has 11 heavy (non-hydrogen) atoms. The molecule has 0 spiro atoms. The first-order chi connectivity index (χ1) is 4.86. The minimum atomic E-state index is -1.71. The molecule has 3 nitrogen and oxygen atoms in total. The number of carbonyl (C=O) groups is 1. The third-order valence-corrected chi connectivity index (χ3v) is 2.58. The van der Waals surface area contributed by atoms with Crippen LogP contribution in [0, 0.1) is 0 Å². The van der Waals surface area contributed by atoms with E-state index >= 15 is 0 Å². The van der Waals surface area contributed by atoms with E-state index in [1.807, 2.05) is 19.6 Å². The molecular formula is C7H13O3Si-. The van der Waals surface area contributed by atoms with Crippen molar-refractivity contribution in [2.45, 2.75) is 38.1 Å². The number of aliphatic carboxylic acids is 1. The van der Waals surface area contributed by atoms with Crippen LogP contribution in [0.15, 0.2) is 0 Å². The molecule has 0 saturated heterocycles. The summed E-state index contributed by atoms with van der Waals surface area (Å²) in [6.45, 7) is 5.95. The van der Waals surface area contributed by atoms with Gasteiger partial charge in [-0.1, -0.05) is 0 Å². The van der Waals surface area contributed by atoms with Crippen molar-refractivity contribution in [2.24, 2.45) is 0 Å². The monoisotopic (exact) mass is 173 g/mol. The van der Waals surface area contributed by atoms with Crippen molar-refractivity contribution >= 4 is 14.3 Å². The molecular weight excluding hydrogens is 160 g/mol. The molecule has 1 saturated carbocycles. The van der Waals surface area contributed by atoms with Gasteiger partial charge in [0.05, 0.1) is 11.6 Å². The van der Waals surface area contributed by atoms with Gasteiger partial charge in [-0.2, -0.15) is 0 Å². The van der Waals surface area contributed by atoms with Crippen LogP contribution in [0.4, 0.5) is 0 Å². The Bertz CT molecular complexity index is 179.